The Morgan fingerprint density at radius 2 is 2.09 bits per heavy atom. The zero-order valence-electron chi connectivity index (χ0n) is 12.0. The Hall–Kier alpha value is -2.41. The van der Waals surface area contributed by atoms with Gasteiger partial charge in [-0.25, -0.2) is 14.8 Å². The van der Waals surface area contributed by atoms with Crippen LogP contribution in [0.15, 0.2) is 47.9 Å². The summed E-state index contributed by atoms with van der Waals surface area (Å²) in [4.78, 5) is 20.2. The number of aromatic nitrogens is 4. The van der Waals surface area contributed by atoms with Crippen molar-refractivity contribution in [1.82, 2.24) is 19.7 Å². The lowest BCUT2D eigenvalue weighted by Crippen LogP contribution is -2.07. The lowest BCUT2D eigenvalue weighted by Gasteiger charge is -2.05. The van der Waals surface area contributed by atoms with Gasteiger partial charge in [0.1, 0.15) is 18.0 Å². The van der Waals surface area contributed by atoms with Gasteiger partial charge in [0.25, 0.3) is 0 Å². The maximum atomic E-state index is 11.8. The summed E-state index contributed by atoms with van der Waals surface area (Å²) in [6, 6.07) is 8.95. The van der Waals surface area contributed by atoms with Crippen molar-refractivity contribution in [3.05, 3.63) is 48.4 Å². The third-order valence-electron chi connectivity index (χ3n) is 3.06. The van der Waals surface area contributed by atoms with Crippen molar-refractivity contribution in [3.8, 4) is 0 Å². The van der Waals surface area contributed by atoms with Crippen LogP contribution in [-0.4, -0.2) is 38.1 Å². The van der Waals surface area contributed by atoms with Crippen molar-refractivity contribution < 1.29 is 9.53 Å². The highest BCUT2D eigenvalue weighted by molar-refractivity contribution is 7.99. The Morgan fingerprint density at radius 1 is 1.27 bits per heavy atom. The molecule has 2 aromatic heterocycles. The number of thioether (sulfide) groups is 1. The number of aryl methyl sites for hydroxylation is 1. The molecule has 112 valence electrons. The molecule has 2 heterocycles. The molecule has 0 aliphatic carbocycles. The number of fused-ring (bicyclic) bond motifs is 1. The third-order valence-corrected chi connectivity index (χ3v) is 4.03. The molecule has 0 radical (unpaired) electrons. The Labute approximate surface area is 131 Å². The molecule has 0 aliphatic rings. The Morgan fingerprint density at radius 3 is 2.91 bits per heavy atom. The molecule has 0 bridgehead atoms. The van der Waals surface area contributed by atoms with Crippen LogP contribution in [-0.2, 0) is 11.8 Å². The van der Waals surface area contributed by atoms with Gasteiger partial charge in [-0.05, 0) is 12.1 Å². The number of esters is 1. The normalized spacial score (nSPS) is 10.8. The molecule has 3 aromatic rings. The molecule has 0 fully saturated rings. The first-order chi connectivity index (χ1) is 10.8. The van der Waals surface area contributed by atoms with E-state index in [1.807, 2.05) is 25.2 Å². The molecule has 0 N–H and O–H groups in total. The predicted molar refractivity (Wildman–Crippen MR) is 83.8 cm³/mol. The molecule has 0 saturated heterocycles. The van der Waals surface area contributed by atoms with Gasteiger partial charge in [-0.3, -0.25) is 4.68 Å². The minimum Gasteiger partial charge on any atom is -0.461 e. The van der Waals surface area contributed by atoms with Crippen LogP contribution in [0, 0.1) is 0 Å². The van der Waals surface area contributed by atoms with Crippen LogP contribution < -0.4 is 0 Å². The molecule has 0 unspecified atom stereocenters. The minimum atomic E-state index is -0.310. The molecule has 7 heteroatoms. The van der Waals surface area contributed by atoms with E-state index in [2.05, 4.69) is 15.1 Å². The average Bonchev–Trinajstić information content (AvgIpc) is 2.94. The van der Waals surface area contributed by atoms with Crippen LogP contribution in [0.5, 0.6) is 0 Å². The van der Waals surface area contributed by atoms with Crippen LogP contribution in [0.25, 0.3) is 11.0 Å². The first-order valence-electron chi connectivity index (χ1n) is 6.73. The summed E-state index contributed by atoms with van der Waals surface area (Å²) in [5, 5.41) is 5.92. The van der Waals surface area contributed by atoms with Gasteiger partial charge in [-0.1, -0.05) is 18.2 Å². The van der Waals surface area contributed by atoms with Gasteiger partial charge in [0.15, 0.2) is 5.65 Å². The molecule has 0 atom stereocenters. The zero-order valence-corrected chi connectivity index (χ0v) is 12.8. The van der Waals surface area contributed by atoms with Crippen molar-refractivity contribution >= 4 is 28.8 Å². The van der Waals surface area contributed by atoms with Gasteiger partial charge in [0, 0.05) is 12.8 Å². The highest BCUT2D eigenvalue weighted by Gasteiger charge is 2.09. The second-order valence-corrected chi connectivity index (χ2v) is 5.62. The lowest BCUT2D eigenvalue weighted by molar-refractivity contribution is 0.0530. The quantitative estimate of drug-likeness (QED) is 0.311. The van der Waals surface area contributed by atoms with Gasteiger partial charge in [-0.2, -0.15) is 5.10 Å². The van der Waals surface area contributed by atoms with Crippen LogP contribution in [0.2, 0.25) is 0 Å². The largest absolute Gasteiger partial charge is 0.461 e. The number of hydrogen-bond acceptors (Lipinski definition) is 6. The first-order valence-corrected chi connectivity index (χ1v) is 7.72. The van der Waals surface area contributed by atoms with Crippen LogP contribution >= 0.6 is 11.8 Å². The molecule has 22 heavy (non-hydrogen) atoms. The summed E-state index contributed by atoms with van der Waals surface area (Å²) in [5.74, 6) is 0.315. The SMILES string of the molecule is Cn1ncc2c(SCCOC(=O)c3ccccc3)ncnc21. The second-order valence-electron chi connectivity index (χ2n) is 4.53. The number of ether oxygens (including phenoxy) is 1. The van der Waals surface area contributed by atoms with Crippen molar-refractivity contribution in [1.29, 1.82) is 0 Å². The maximum Gasteiger partial charge on any atom is 0.338 e. The van der Waals surface area contributed by atoms with E-state index in [1.54, 1.807) is 23.0 Å². The number of rotatable bonds is 5. The molecular weight excluding hydrogens is 300 g/mol. The van der Waals surface area contributed by atoms with E-state index >= 15 is 0 Å². The molecule has 0 spiro atoms. The number of benzene rings is 1. The maximum absolute atomic E-state index is 11.8. The molecule has 0 saturated carbocycles. The van der Waals surface area contributed by atoms with E-state index in [4.69, 9.17) is 4.74 Å². The molecule has 0 amide bonds. The minimum absolute atomic E-state index is 0.310. The van der Waals surface area contributed by atoms with Crippen LogP contribution in [0.3, 0.4) is 0 Å². The Bertz CT molecular complexity index is 789. The van der Waals surface area contributed by atoms with Crippen molar-refractivity contribution in [2.24, 2.45) is 7.05 Å². The van der Waals surface area contributed by atoms with Crippen molar-refractivity contribution in [3.63, 3.8) is 0 Å². The van der Waals surface area contributed by atoms with Gasteiger partial charge < -0.3 is 4.74 Å². The summed E-state index contributed by atoms with van der Waals surface area (Å²) in [6.45, 7) is 0.324. The smallest absolute Gasteiger partial charge is 0.338 e. The van der Waals surface area contributed by atoms with E-state index in [9.17, 15) is 4.79 Å². The third kappa shape index (κ3) is 3.09. The fraction of sp³-hybridized carbons (Fsp3) is 0.200. The molecule has 6 nitrogen and oxygen atoms in total. The Kier molecular flexibility index (Phi) is 4.34. The predicted octanol–water partition coefficient (Wildman–Crippen LogP) is 2.31. The summed E-state index contributed by atoms with van der Waals surface area (Å²) >= 11 is 1.52. The zero-order chi connectivity index (χ0) is 15.4. The number of carbonyl (C=O) groups is 1. The highest BCUT2D eigenvalue weighted by atomic mass is 32.2. The fourth-order valence-corrected chi connectivity index (χ4v) is 2.77. The molecule has 0 aliphatic heterocycles. The summed E-state index contributed by atoms with van der Waals surface area (Å²) in [5.41, 5.74) is 1.35. The second kappa shape index (κ2) is 6.57. The van der Waals surface area contributed by atoms with Gasteiger partial charge in [0.2, 0.25) is 0 Å². The molecule has 1 aromatic carbocycles. The van der Waals surface area contributed by atoms with E-state index in [0.717, 1.165) is 16.1 Å². The monoisotopic (exact) mass is 314 g/mol. The van der Waals surface area contributed by atoms with Crippen LogP contribution in [0.4, 0.5) is 0 Å². The summed E-state index contributed by atoms with van der Waals surface area (Å²) < 4.78 is 6.95. The lowest BCUT2D eigenvalue weighted by atomic mass is 10.2. The molecule has 3 rings (SSSR count). The number of carbonyl (C=O) groups excluding carboxylic acids is 1. The van der Waals surface area contributed by atoms with E-state index < -0.39 is 0 Å². The van der Waals surface area contributed by atoms with Gasteiger partial charge in [-0.15, -0.1) is 11.8 Å². The van der Waals surface area contributed by atoms with Crippen molar-refractivity contribution in [2.45, 2.75) is 5.03 Å². The average molecular weight is 314 g/mol. The number of nitrogens with zero attached hydrogens (tertiary/aromatic N) is 4. The fourth-order valence-electron chi connectivity index (χ4n) is 1.99. The van der Waals surface area contributed by atoms with E-state index in [1.165, 1.54) is 18.1 Å². The Balaban J connectivity index is 1.56. The standard InChI is InChI=1S/C15H14N4O2S/c1-19-13-12(9-18-19)14(17-10-16-13)22-8-7-21-15(20)11-5-3-2-4-6-11/h2-6,9-10H,7-8H2,1H3. The first kappa shape index (κ1) is 14.5. The van der Waals surface area contributed by atoms with E-state index in [-0.39, 0.29) is 5.97 Å². The topological polar surface area (TPSA) is 69.9 Å². The summed E-state index contributed by atoms with van der Waals surface area (Å²) in [6.07, 6.45) is 3.26. The van der Waals surface area contributed by atoms with Gasteiger partial charge in [0.05, 0.1) is 17.1 Å². The number of hydrogen-bond donors (Lipinski definition) is 0. The molecular formula is C15H14N4O2S. The summed E-state index contributed by atoms with van der Waals surface area (Å²) in [7, 11) is 1.84. The van der Waals surface area contributed by atoms with E-state index in [0.29, 0.717) is 17.9 Å². The van der Waals surface area contributed by atoms with Crippen molar-refractivity contribution in [2.75, 3.05) is 12.4 Å². The van der Waals surface area contributed by atoms with Crippen LogP contribution in [0.1, 0.15) is 10.4 Å². The van der Waals surface area contributed by atoms with Gasteiger partial charge >= 0.3 is 5.97 Å². The highest BCUT2D eigenvalue weighted by Crippen LogP contribution is 2.23.